The topological polar surface area (TPSA) is 102 Å². The van der Waals surface area contributed by atoms with Gasteiger partial charge in [0.05, 0.1) is 31.7 Å². The van der Waals surface area contributed by atoms with E-state index in [1.807, 2.05) is 90.8 Å². The van der Waals surface area contributed by atoms with Gasteiger partial charge in [-0.2, -0.15) is 4.98 Å². The number of rotatable bonds is 12. The molecule has 0 aliphatic carbocycles. The predicted octanol–water partition coefficient (Wildman–Crippen LogP) is 9.39. The van der Waals surface area contributed by atoms with Crippen molar-refractivity contribution in [3.8, 4) is 11.5 Å². The number of nitrogens with zero attached hydrogens (tertiary/aromatic N) is 2. The van der Waals surface area contributed by atoms with Crippen LogP contribution in [0, 0.1) is 0 Å². The van der Waals surface area contributed by atoms with Gasteiger partial charge in [0.1, 0.15) is 29.0 Å². The molecule has 1 spiro atoms. The Kier molecular flexibility index (Phi) is 11.9. The highest BCUT2D eigenvalue weighted by atomic mass is 32.2. The molecule has 4 heterocycles. The molecule has 306 valence electrons. The van der Waals surface area contributed by atoms with Crippen LogP contribution in [0.15, 0.2) is 95.9 Å². The normalized spacial score (nSPS) is 24.3. The molecule has 1 N–H and O–H groups in total. The van der Waals surface area contributed by atoms with Crippen molar-refractivity contribution in [2.24, 2.45) is 0 Å². The summed E-state index contributed by atoms with van der Waals surface area (Å²) in [4.78, 5) is 19.2. The summed E-state index contributed by atoms with van der Waals surface area (Å²) in [6.45, 7) is 18.2. The molecule has 0 unspecified atom stereocenters. The maximum Gasteiger partial charge on any atom is 0.351 e. The zero-order chi connectivity index (χ0) is 40.8. The fourth-order valence-corrected chi connectivity index (χ4v) is 21.9. The molecule has 7 rings (SSSR count). The van der Waals surface area contributed by atoms with E-state index in [0.717, 1.165) is 40.4 Å². The minimum Gasteiger partial charge on any atom is -0.497 e. The average molecular weight is 830 g/mol. The lowest BCUT2D eigenvalue weighted by Crippen LogP contribution is -2.67. The molecule has 10 nitrogen and oxygen atoms in total. The summed E-state index contributed by atoms with van der Waals surface area (Å²) in [5.41, 5.74) is 2.31. The van der Waals surface area contributed by atoms with Crippen LogP contribution in [-0.2, 0) is 23.2 Å². The zero-order valence-electron chi connectivity index (χ0n) is 35.0. The van der Waals surface area contributed by atoms with Crippen molar-refractivity contribution in [3.63, 3.8) is 0 Å². The smallest absolute Gasteiger partial charge is 0.351 e. The summed E-state index contributed by atoms with van der Waals surface area (Å²) in [6, 6.07) is 28.0. The number of aromatic nitrogens is 2. The molecule has 1 aromatic heterocycles. The summed E-state index contributed by atoms with van der Waals surface area (Å²) >= 11 is 1.83. The van der Waals surface area contributed by atoms with Gasteiger partial charge in [-0.15, -0.1) is 11.8 Å². The minimum atomic E-state index is -2.91. The van der Waals surface area contributed by atoms with Crippen molar-refractivity contribution in [3.05, 3.63) is 118 Å². The third-order valence-corrected chi connectivity index (χ3v) is 24.2. The standard InChI is InChI=1S/C44H59N3O7SSi2/c1-29(2)56(30(3)4)51-28-38-40(53-57(54-56,31(5)6)32(7)8)43(25-27-55-43)41(52-38)47-26-24-39(45-42(47)48)46-44(33-14-12-11-13-15-33,34-16-20-36(49-9)21-17-34)35-18-22-37(50-10)23-19-35/h11-24,26,29-32,38,40-41H,25,27-28H2,1-10H3,(H,45,46,48)/t38-,40-,41-,43-/m1/s1. The summed E-state index contributed by atoms with van der Waals surface area (Å²) in [5, 5.41) is 3.75. The quantitative estimate of drug-likeness (QED) is 0.110. The molecule has 13 heteroatoms. The Morgan fingerprint density at radius 1 is 0.789 bits per heavy atom. The maximum absolute atomic E-state index is 14.5. The molecule has 4 atom stereocenters. The Hall–Kier alpha value is -3.44. The number of hydrogen-bond donors (Lipinski definition) is 1. The lowest BCUT2D eigenvalue weighted by atomic mass is 9.77. The van der Waals surface area contributed by atoms with Crippen LogP contribution in [0.4, 0.5) is 5.82 Å². The van der Waals surface area contributed by atoms with Crippen LogP contribution >= 0.6 is 11.8 Å². The first-order valence-electron chi connectivity index (χ1n) is 20.3. The number of fused-ring (bicyclic) bond motifs is 2. The summed E-state index contributed by atoms with van der Waals surface area (Å²) in [6.07, 6.45) is 1.42. The van der Waals surface area contributed by atoms with E-state index in [2.05, 4.69) is 72.8 Å². The molecule has 0 saturated carbocycles. The molecule has 3 fully saturated rings. The lowest BCUT2D eigenvalue weighted by Gasteiger charge is -2.54. The number of benzene rings is 3. The molecule has 3 aromatic carbocycles. The number of nitrogens with one attached hydrogen (secondary N) is 1. The molecule has 3 aliphatic heterocycles. The molecular formula is C44H59N3O7SSi2. The number of ether oxygens (including phenoxy) is 3. The van der Waals surface area contributed by atoms with Gasteiger partial charge in [0.25, 0.3) is 0 Å². The van der Waals surface area contributed by atoms with E-state index >= 15 is 0 Å². The van der Waals surface area contributed by atoms with Gasteiger partial charge in [-0.3, -0.25) is 4.57 Å². The highest BCUT2D eigenvalue weighted by Gasteiger charge is 2.68. The molecular weight excluding hydrogens is 771 g/mol. The molecule has 0 radical (unpaired) electrons. The van der Waals surface area contributed by atoms with Gasteiger partial charge >= 0.3 is 22.8 Å². The minimum absolute atomic E-state index is 0.182. The van der Waals surface area contributed by atoms with E-state index < -0.39 is 39.3 Å². The van der Waals surface area contributed by atoms with E-state index in [4.69, 9.17) is 32.2 Å². The first-order chi connectivity index (χ1) is 27.3. The van der Waals surface area contributed by atoms with E-state index in [1.165, 1.54) is 0 Å². The van der Waals surface area contributed by atoms with Gasteiger partial charge in [0, 0.05) is 6.20 Å². The van der Waals surface area contributed by atoms with E-state index in [1.54, 1.807) is 18.8 Å². The Bertz CT molecular complexity index is 1980. The average Bonchev–Trinajstić information content (AvgIpc) is 3.50. The number of anilines is 1. The molecule has 3 aliphatic rings. The Morgan fingerprint density at radius 2 is 1.32 bits per heavy atom. The van der Waals surface area contributed by atoms with Gasteiger partial charge in [0.15, 0.2) is 6.23 Å². The first-order valence-corrected chi connectivity index (χ1v) is 25.2. The molecule has 3 saturated heterocycles. The van der Waals surface area contributed by atoms with Gasteiger partial charge in [-0.1, -0.05) is 110 Å². The SMILES string of the molecule is COc1ccc(C(Nc2ccn([C@@H]3O[C@@H]4CO[Si](C(C)C)(C(C)C)O[Si](C(C)C)(C(C)C)O[C@H]4[C@]34CCS4)c(=O)n2)(c2ccccc2)c2ccc(OC)cc2)cc1. The van der Waals surface area contributed by atoms with Crippen molar-refractivity contribution in [2.75, 3.05) is 31.9 Å². The third kappa shape index (κ3) is 7.10. The first kappa shape index (κ1) is 41.7. The van der Waals surface area contributed by atoms with E-state index in [0.29, 0.717) is 12.4 Å². The van der Waals surface area contributed by atoms with Crippen molar-refractivity contribution in [1.29, 1.82) is 0 Å². The van der Waals surface area contributed by atoms with Crippen molar-refractivity contribution < 1.29 is 27.2 Å². The number of thioether (sulfide) groups is 1. The maximum atomic E-state index is 14.5. The zero-order valence-corrected chi connectivity index (χ0v) is 37.8. The van der Waals surface area contributed by atoms with E-state index in [-0.39, 0.29) is 34.4 Å². The van der Waals surface area contributed by atoms with Crippen LogP contribution < -0.4 is 20.5 Å². The van der Waals surface area contributed by atoms with Gasteiger partial charge in [-0.05, 0) is 81.4 Å². The molecule has 4 aromatic rings. The fraction of sp³-hybridized carbons (Fsp3) is 0.500. The monoisotopic (exact) mass is 829 g/mol. The Labute approximate surface area is 344 Å². The van der Waals surface area contributed by atoms with Gasteiger partial charge in [-0.25, -0.2) is 4.79 Å². The van der Waals surface area contributed by atoms with Crippen LogP contribution in [0.25, 0.3) is 0 Å². The number of hydrogen-bond acceptors (Lipinski definition) is 10. The van der Waals surface area contributed by atoms with Crippen LogP contribution in [0.5, 0.6) is 11.5 Å². The second-order valence-corrected chi connectivity index (χ2v) is 27.1. The summed E-state index contributed by atoms with van der Waals surface area (Å²) in [5.74, 6) is 2.86. The molecule has 0 bridgehead atoms. The second-order valence-electron chi connectivity index (χ2n) is 16.8. The fourth-order valence-electron chi connectivity index (χ4n) is 9.23. The Morgan fingerprint density at radius 3 is 1.77 bits per heavy atom. The predicted molar refractivity (Wildman–Crippen MR) is 232 cm³/mol. The van der Waals surface area contributed by atoms with E-state index in [9.17, 15) is 4.79 Å². The van der Waals surface area contributed by atoms with Crippen LogP contribution in [-0.4, -0.2) is 70.2 Å². The van der Waals surface area contributed by atoms with Crippen molar-refractivity contribution in [2.45, 2.75) is 113 Å². The Balaban J connectivity index is 1.30. The van der Waals surface area contributed by atoms with Crippen molar-refractivity contribution in [1.82, 2.24) is 9.55 Å². The third-order valence-electron chi connectivity index (χ3n) is 12.4. The largest absolute Gasteiger partial charge is 0.497 e. The highest BCUT2D eigenvalue weighted by molar-refractivity contribution is 8.02. The van der Waals surface area contributed by atoms with Gasteiger partial charge in [0.2, 0.25) is 0 Å². The summed E-state index contributed by atoms with van der Waals surface area (Å²) in [7, 11) is -2.37. The van der Waals surface area contributed by atoms with Crippen LogP contribution in [0.3, 0.4) is 0 Å². The van der Waals surface area contributed by atoms with Crippen LogP contribution in [0.2, 0.25) is 22.2 Å². The van der Waals surface area contributed by atoms with Crippen LogP contribution in [0.1, 0.15) is 84.7 Å². The van der Waals surface area contributed by atoms with Gasteiger partial charge < -0.3 is 32.5 Å². The second kappa shape index (κ2) is 16.3. The molecule has 0 amide bonds. The molecule has 57 heavy (non-hydrogen) atoms. The summed E-state index contributed by atoms with van der Waals surface area (Å²) < 4.78 is 41.4. The van der Waals surface area contributed by atoms with Crippen molar-refractivity contribution >= 4 is 34.7 Å². The lowest BCUT2D eigenvalue weighted by molar-refractivity contribution is -0.0570. The number of methoxy groups -OCH3 is 2. The highest BCUT2D eigenvalue weighted by Crippen LogP contribution is 2.60.